The van der Waals surface area contributed by atoms with Crippen molar-refractivity contribution in [3.8, 4) is 0 Å². The zero-order valence-electron chi connectivity index (χ0n) is 10.2. The van der Waals surface area contributed by atoms with Gasteiger partial charge in [0.15, 0.2) is 0 Å². The van der Waals surface area contributed by atoms with E-state index in [0.29, 0.717) is 6.54 Å². The second-order valence-corrected chi connectivity index (χ2v) is 5.22. The second kappa shape index (κ2) is 4.74. The number of hydrogen-bond donors (Lipinski definition) is 3. The van der Waals surface area contributed by atoms with Crippen LogP contribution in [0.15, 0.2) is 18.2 Å². The topological polar surface area (TPSA) is 70.2 Å². The van der Waals surface area contributed by atoms with Crippen molar-refractivity contribution >= 4 is 23.5 Å². The van der Waals surface area contributed by atoms with Crippen LogP contribution in [0.2, 0.25) is 5.02 Å². The first-order chi connectivity index (χ1) is 9.15. The summed E-state index contributed by atoms with van der Waals surface area (Å²) in [5, 5.41) is 8.87. The summed E-state index contributed by atoms with van der Waals surface area (Å²) in [6, 6.07) is 4.95. The summed E-state index contributed by atoms with van der Waals surface area (Å²) >= 11 is 6.14. The highest BCUT2D eigenvalue weighted by Gasteiger charge is 2.31. The van der Waals surface area contributed by atoms with Gasteiger partial charge in [-0.25, -0.2) is 4.79 Å². The Morgan fingerprint density at radius 3 is 3.00 bits per heavy atom. The van der Waals surface area contributed by atoms with Crippen LogP contribution in [0.25, 0.3) is 0 Å². The molecule has 2 atom stereocenters. The van der Waals surface area contributed by atoms with E-state index in [1.54, 1.807) is 0 Å². The SMILES string of the molecule is O=C1NC[C@@H](C(=O)N[C@H]2CCc3c(Cl)cccc32)N1. The molecule has 0 bridgehead atoms. The number of benzene rings is 1. The quantitative estimate of drug-likeness (QED) is 0.759. The normalized spacial score (nSPS) is 24.6. The molecule has 3 amide bonds. The van der Waals surface area contributed by atoms with E-state index in [4.69, 9.17) is 11.6 Å². The average Bonchev–Trinajstić information content (AvgIpc) is 2.98. The molecular formula is C13H14ClN3O2. The highest BCUT2D eigenvalue weighted by Crippen LogP contribution is 2.35. The molecule has 3 N–H and O–H groups in total. The third kappa shape index (κ3) is 2.26. The highest BCUT2D eigenvalue weighted by atomic mass is 35.5. The number of carbonyl (C=O) groups excluding carboxylic acids is 2. The lowest BCUT2D eigenvalue weighted by Gasteiger charge is -2.17. The maximum atomic E-state index is 12.0. The Bertz CT molecular complexity index is 547. The third-order valence-electron chi connectivity index (χ3n) is 3.62. The van der Waals surface area contributed by atoms with E-state index in [0.717, 1.165) is 29.0 Å². The molecule has 0 spiro atoms. The van der Waals surface area contributed by atoms with Crippen LogP contribution in [0.4, 0.5) is 4.79 Å². The van der Waals surface area contributed by atoms with Crippen molar-refractivity contribution in [3.05, 3.63) is 34.3 Å². The van der Waals surface area contributed by atoms with Crippen molar-refractivity contribution in [2.75, 3.05) is 6.54 Å². The molecule has 0 unspecified atom stereocenters. The van der Waals surface area contributed by atoms with Gasteiger partial charge in [-0.1, -0.05) is 23.7 Å². The van der Waals surface area contributed by atoms with E-state index in [2.05, 4.69) is 16.0 Å². The molecule has 1 aliphatic heterocycles. The van der Waals surface area contributed by atoms with Crippen LogP contribution >= 0.6 is 11.6 Å². The summed E-state index contributed by atoms with van der Waals surface area (Å²) in [7, 11) is 0. The van der Waals surface area contributed by atoms with Gasteiger partial charge in [0.25, 0.3) is 0 Å². The molecule has 0 aromatic heterocycles. The Morgan fingerprint density at radius 1 is 1.42 bits per heavy atom. The minimum atomic E-state index is -0.490. The number of hydrogen-bond acceptors (Lipinski definition) is 2. The van der Waals surface area contributed by atoms with E-state index in [1.165, 1.54) is 0 Å². The maximum Gasteiger partial charge on any atom is 0.315 e. The minimum absolute atomic E-state index is 0.0151. The average molecular weight is 280 g/mol. The van der Waals surface area contributed by atoms with Gasteiger partial charge < -0.3 is 16.0 Å². The summed E-state index contributed by atoms with van der Waals surface area (Å²) in [6.45, 7) is 0.333. The Balaban J connectivity index is 1.71. The fourth-order valence-electron chi connectivity index (χ4n) is 2.65. The summed E-state index contributed by atoms with van der Waals surface area (Å²) < 4.78 is 0. The van der Waals surface area contributed by atoms with Gasteiger partial charge in [-0.2, -0.15) is 0 Å². The summed E-state index contributed by atoms with van der Waals surface area (Å²) in [5.74, 6) is -0.156. The van der Waals surface area contributed by atoms with Gasteiger partial charge in [-0.15, -0.1) is 0 Å². The third-order valence-corrected chi connectivity index (χ3v) is 3.97. The van der Waals surface area contributed by atoms with E-state index in [1.807, 2.05) is 18.2 Å². The van der Waals surface area contributed by atoms with Crippen LogP contribution in [-0.2, 0) is 11.2 Å². The molecule has 5 nitrogen and oxygen atoms in total. The van der Waals surface area contributed by atoms with Crippen molar-refractivity contribution in [2.45, 2.75) is 24.9 Å². The molecule has 0 radical (unpaired) electrons. The molecule has 2 aliphatic rings. The van der Waals surface area contributed by atoms with Crippen molar-refractivity contribution in [1.82, 2.24) is 16.0 Å². The van der Waals surface area contributed by atoms with Crippen LogP contribution in [0.3, 0.4) is 0 Å². The molecule has 1 saturated heterocycles. The molecule has 100 valence electrons. The van der Waals surface area contributed by atoms with Crippen LogP contribution in [0, 0.1) is 0 Å². The standard InChI is InChI=1S/C13H14ClN3O2/c14-9-3-1-2-8-7(9)4-5-10(8)16-12(18)11-6-15-13(19)17-11/h1-3,10-11H,4-6H2,(H,16,18)(H2,15,17,19)/t10-,11-/m0/s1. The Kier molecular flexibility index (Phi) is 3.06. The summed E-state index contributed by atoms with van der Waals surface area (Å²) in [4.78, 5) is 23.1. The molecule has 0 saturated carbocycles. The van der Waals surface area contributed by atoms with Gasteiger partial charge in [-0.05, 0) is 30.0 Å². The van der Waals surface area contributed by atoms with Crippen LogP contribution in [0.1, 0.15) is 23.6 Å². The van der Waals surface area contributed by atoms with Gasteiger partial charge in [0.2, 0.25) is 5.91 Å². The first-order valence-electron chi connectivity index (χ1n) is 6.27. The number of nitrogens with one attached hydrogen (secondary N) is 3. The number of urea groups is 1. The first kappa shape index (κ1) is 12.3. The van der Waals surface area contributed by atoms with Crippen molar-refractivity contribution in [1.29, 1.82) is 0 Å². The Labute approximate surface area is 115 Å². The molecule has 19 heavy (non-hydrogen) atoms. The summed E-state index contributed by atoms with van der Waals surface area (Å²) in [5.41, 5.74) is 2.20. The minimum Gasteiger partial charge on any atom is -0.347 e. The molecule has 1 aromatic carbocycles. The van der Waals surface area contributed by atoms with Gasteiger partial charge in [-0.3, -0.25) is 4.79 Å². The molecule has 6 heteroatoms. The van der Waals surface area contributed by atoms with Crippen molar-refractivity contribution in [2.24, 2.45) is 0 Å². The lowest BCUT2D eigenvalue weighted by molar-refractivity contribution is -0.123. The van der Waals surface area contributed by atoms with Gasteiger partial charge in [0.1, 0.15) is 6.04 Å². The molecule has 1 fully saturated rings. The largest absolute Gasteiger partial charge is 0.347 e. The van der Waals surface area contributed by atoms with E-state index >= 15 is 0 Å². The predicted octanol–water partition coefficient (Wildman–Crippen LogP) is 1.12. The molecular weight excluding hydrogens is 266 g/mol. The van der Waals surface area contributed by atoms with Crippen LogP contribution < -0.4 is 16.0 Å². The highest BCUT2D eigenvalue weighted by molar-refractivity contribution is 6.31. The van der Waals surface area contributed by atoms with Crippen molar-refractivity contribution in [3.63, 3.8) is 0 Å². The number of rotatable bonds is 2. The lowest BCUT2D eigenvalue weighted by Crippen LogP contribution is -2.43. The predicted molar refractivity (Wildman–Crippen MR) is 71.0 cm³/mol. The molecule has 1 heterocycles. The number of carbonyl (C=O) groups is 2. The fourth-order valence-corrected chi connectivity index (χ4v) is 2.92. The Hall–Kier alpha value is -1.75. The lowest BCUT2D eigenvalue weighted by atomic mass is 10.1. The van der Waals surface area contributed by atoms with E-state index in [9.17, 15) is 9.59 Å². The maximum absolute atomic E-state index is 12.0. The first-order valence-corrected chi connectivity index (χ1v) is 6.65. The zero-order valence-corrected chi connectivity index (χ0v) is 11.0. The number of halogens is 1. The zero-order chi connectivity index (χ0) is 13.4. The van der Waals surface area contributed by atoms with Crippen LogP contribution in [0.5, 0.6) is 0 Å². The molecule has 3 rings (SSSR count). The van der Waals surface area contributed by atoms with E-state index in [-0.39, 0.29) is 18.0 Å². The number of fused-ring (bicyclic) bond motifs is 1. The van der Waals surface area contributed by atoms with Gasteiger partial charge in [0, 0.05) is 11.6 Å². The fraction of sp³-hybridized carbons (Fsp3) is 0.385. The van der Waals surface area contributed by atoms with Gasteiger partial charge in [0.05, 0.1) is 6.04 Å². The molecule has 1 aliphatic carbocycles. The van der Waals surface area contributed by atoms with E-state index < -0.39 is 6.04 Å². The molecule has 1 aromatic rings. The van der Waals surface area contributed by atoms with Crippen LogP contribution in [-0.4, -0.2) is 24.5 Å². The Morgan fingerprint density at radius 2 is 2.26 bits per heavy atom. The second-order valence-electron chi connectivity index (χ2n) is 4.81. The summed E-state index contributed by atoms with van der Waals surface area (Å²) in [6.07, 6.45) is 1.72. The van der Waals surface area contributed by atoms with Gasteiger partial charge >= 0.3 is 6.03 Å². The number of amides is 3. The smallest absolute Gasteiger partial charge is 0.315 e. The monoisotopic (exact) mass is 279 g/mol. The van der Waals surface area contributed by atoms with Crippen molar-refractivity contribution < 1.29 is 9.59 Å².